The van der Waals surface area contributed by atoms with Crippen LogP contribution in [0.3, 0.4) is 0 Å². The monoisotopic (exact) mass is 329 g/mol. The Balaban J connectivity index is 1.39. The highest BCUT2D eigenvalue weighted by Crippen LogP contribution is 2.24. The van der Waals surface area contributed by atoms with Crippen molar-refractivity contribution in [3.05, 3.63) is 29.3 Å². The minimum Gasteiger partial charge on any atom is -0.326 e. The van der Waals surface area contributed by atoms with E-state index in [-0.39, 0.29) is 5.91 Å². The fourth-order valence-electron chi connectivity index (χ4n) is 3.94. The number of benzene rings is 1. The van der Waals surface area contributed by atoms with Crippen LogP contribution in [0, 0.1) is 13.8 Å². The number of nitrogens with zero attached hydrogens (tertiary/aromatic N) is 2. The molecule has 3 rings (SSSR count). The maximum Gasteiger partial charge on any atom is 0.225 e. The van der Waals surface area contributed by atoms with E-state index in [0.29, 0.717) is 12.5 Å². The Morgan fingerprint density at radius 3 is 2.79 bits per heavy atom. The Bertz CT molecular complexity index is 580. The minimum absolute atomic E-state index is 0.124. The van der Waals surface area contributed by atoms with Crippen LogP contribution in [0.25, 0.3) is 0 Å². The van der Waals surface area contributed by atoms with Gasteiger partial charge in [0.1, 0.15) is 0 Å². The van der Waals surface area contributed by atoms with Gasteiger partial charge in [-0.15, -0.1) is 0 Å². The first-order chi connectivity index (χ1) is 11.5. The predicted octanol–water partition coefficient (Wildman–Crippen LogP) is 3.19. The highest BCUT2D eigenvalue weighted by Gasteiger charge is 2.34. The molecule has 0 aliphatic carbocycles. The summed E-state index contributed by atoms with van der Waals surface area (Å²) in [5.41, 5.74) is 3.25. The van der Waals surface area contributed by atoms with E-state index in [9.17, 15) is 4.79 Å². The Morgan fingerprint density at radius 2 is 2.04 bits per heavy atom. The van der Waals surface area contributed by atoms with Crippen LogP contribution in [-0.2, 0) is 4.79 Å². The van der Waals surface area contributed by atoms with Crippen LogP contribution < -0.4 is 5.32 Å². The van der Waals surface area contributed by atoms with E-state index >= 15 is 0 Å². The molecule has 0 saturated carbocycles. The highest BCUT2D eigenvalue weighted by atomic mass is 16.1. The SMILES string of the molecule is Cc1ccc(C)c(NC(=O)CCN2CC(N3CCCC[C@H]3C)C2)c1. The zero-order chi connectivity index (χ0) is 17.1. The molecule has 1 amide bonds. The zero-order valence-corrected chi connectivity index (χ0v) is 15.3. The van der Waals surface area contributed by atoms with Gasteiger partial charge in [0.15, 0.2) is 0 Å². The summed E-state index contributed by atoms with van der Waals surface area (Å²) < 4.78 is 0. The van der Waals surface area contributed by atoms with Crippen LogP contribution in [0.4, 0.5) is 5.69 Å². The molecular weight excluding hydrogens is 298 g/mol. The largest absolute Gasteiger partial charge is 0.326 e. The second kappa shape index (κ2) is 7.66. The van der Waals surface area contributed by atoms with Gasteiger partial charge in [0, 0.05) is 43.8 Å². The van der Waals surface area contributed by atoms with Gasteiger partial charge in [-0.25, -0.2) is 0 Å². The van der Waals surface area contributed by atoms with Gasteiger partial charge in [-0.3, -0.25) is 14.6 Å². The van der Waals surface area contributed by atoms with Crippen molar-refractivity contribution in [1.29, 1.82) is 0 Å². The molecule has 2 fully saturated rings. The highest BCUT2D eigenvalue weighted by molar-refractivity contribution is 5.91. The molecule has 4 nitrogen and oxygen atoms in total. The molecule has 0 unspecified atom stereocenters. The normalized spacial score (nSPS) is 23.0. The number of likely N-dealkylation sites (tertiary alicyclic amines) is 2. The number of piperidine rings is 1. The number of aryl methyl sites for hydroxylation is 2. The maximum atomic E-state index is 12.2. The topological polar surface area (TPSA) is 35.6 Å². The molecule has 2 heterocycles. The van der Waals surface area contributed by atoms with Crippen molar-refractivity contribution in [2.75, 3.05) is 31.5 Å². The smallest absolute Gasteiger partial charge is 0.225 e. The summed E-state index contributed by atoms with van der Waals surface area (Å²) >= 11 is 0. The van der Waals surface area contributed by atoms with Gasteiger partial charge in [0.05, 0.1) is 0 Å². The number of amides is 1. The van der Waals surface area contributed by atoms with Crippen molar-refractivity contribution >= 4 is 11.6 Å². The van der Waals surface area contributed by atoms with Crippen LogP contribution in [0.15, 0.2) is 18.2 Å². The third kappa shape index (κ3) is 4.17. The number of rotatable bonds is 5. The predicted molar refractivity (Wildman–Crippen MR) is 99.4 cm³/mol. The van der Waals surface area contributed by atoms with Crippen LogP contribution in [-0.4, -0.2) is 54.0 Å². The van der Waals surface area contributed by atoms with Gasteiger partial charge < -0.3 is 5.32 Å². The second-order valence-electron chi connectivity index (χ2n) is 7.61. The molecule has 1 aromatic rings. The average molecular weight is 329 g/mol. The van der Waals surface area contributed by atoms with Gasteiger partial charge in [-0.1, -0.05) is 18.6 Å². The standard InChI is InChI=1S/C20H31N3O/c1-15-7-8-16(2)19(12-15)21-20(24)9-11-22-13-18(14-22)23-10-5-4-6-17(23)3/h7-8,12,17-18H,4-6,9-11,13-14H2,1-3H3,(H,21,24)/t17-/m1/s1. The number of carbonyl (C=O) groups excluding carboxylic acids is 1. The van der Waals surface area contributed by atoms with Gasteiger partial charge in [0.2, 0.25) is 5.91 Å². The van der Waals surface area contributed by atoms with Gasteiger partial charge in [0.25, 0.3) is 0 Å². The number of hydrogen-bond acceptors (Lipinski definition) is 3. The summed E-state index contributed by atoms with van der Waals surface area (Å²) in [6, 6.07) is 7.63. The number of nitrogens with one attached hydrogen (secondary N) is 1. The zero-order valence-electron chi connectivity index (χ0n) is 15.3. The van der Waals surface area contributed by atoms with E-state index in [0.717, 1.165) is 36.9 Å². The quantitative estimate of drug-likeness (QED) is 0.901. The van der Waals surface area contributed by atoms with E-state index in [1.54, 1.807) is 0 Å². The Hall–Kier alpha value is -1.39. The van der Waals surface area contributed by atoms with Crippen LogP contribution in [0.2, 0.25) is 0 Å². The Labute approximate surface area is 146 Å². The van der Waals surface area contributed by atoms with Crippen molar-refractivity contribution in [3.8, 4) is 0 Å². The van der Waals surface area contributed by atoms with E-state index < -0.39 is 0 Å². The summed E-state index contributed by atoms with van der Waals surface area (Å²) in [5, 5.41) is 3.06. The lowest BCUT2D eigenvalue weighted by molar-refractivity contribution is -0.117. The van der Waals surface area contributed by atoms with E-state index in [4.69, 9.17) is 0 Å². The lowest BCUT2D eigenvalue weighted by Crippen LogP contribution is -2.62. The van der Waals surface area contributed by atoms with Crippen LogP contribution in [0.1, 0.15) is 43.7 Å². The summed E-state index contributed by atoms with van der Waals surface area (Å²) in [6.45, 7) is 10.8. The molecule has 0 spiro atoms. The summed E-state index contributed by atoms with van der Waals surface area (Å²) in [7, 11) is 0. The molecule has 1 N–H and O–H groups in total. The van der Waals surface area contributed by atoms with E-state index in [2.05, 4.69) is 41.1 Å². The maximum absolute atomic E-state index is 12.2. The summed E-state index contributed by atoms with van der Waals surface area (Å²) in [5.74, 6) is 0.124. The van der Waals surface area contributed by atoms with Crippen LogP contribution >= 0.6 is 0 Å². The first kappa shape index (κ1) is 17.4. The Kier molecular flexibility index (Phi) is 5.57. The molecule has 2 aliphatic heterocycles. The molecule has 1 atom stereocenters. The number of carbonyl (C=O) groups is 1. The van der Waals surface area contributed by atoms with Crippen molar-refractivity contribution in [1.82, 2.24) is 9.80 Å². The van der Waals surface area contributed by atoms with Gasteiger partial charge in [-0.05, 0) is 57.4 Å². The summed E-state index contributed by atoms with van der Waals surface area (Å²) in [6.07, 6.45) is 4.65. The molecule has 0 radical (unpaired) electrons. The third-order valence-corrected chi connectivity index (χ3v) is 5.58. The molecule has 2 aliphatic rings. The van der Waals surface area contributed by atoms with Gasteiger partial charge in [-0.2, -0.15) is 0 Å². The van der Waals surface area contributed by atoms with Gasteiger partial charge >= 0.3 is 0 Å². The van der Waals surface area contributed by atoms with Crippen molar-refractivity contribution in [2.45, 2.75) is 58.5 Å². The van der Waals surface area contributed by atoms with Crippen molar-refractivity contribution in [3.63, 3.8) is 0 Å². The average Bonchev–Trinajstić information content (AvgIpc) is 2.51. The van der Waals surface area contributed by atoms with Crippen molar-refractivity contribution in [2.24, 2.45) is 0 Å². The summed E-state index contributed by atoms with van der Waals surface area (Å²) in [4.78, 5) is 17.3. The first-order valence-electron chi connectivity index (χ1n) is 9.38. The van der Waals surface area contributed by atoms with Crippen LogP contribution in [0.5, 0.6) is 0 Å². The number of hydrogen-bond donors (Lipinski definition) is 1. The molecule has 4 heteroatoms. The third-order valence-electron chi connectivity index (χ3n) is 5.58. The molecule has 1 aromatic carbocycles. The fraction of sp³-hybridized carbons (Fsp3) is 0.650. The van der Waals surface area contributed by atoms with E-state index in [1.165, 1.54) is 31.4 Å². The molecule has 0 aromatic heterocycles. The van der Waals surface area contributed by atoms with E-state index in [1.807, 2.05) is 13.0 Å². The fourth-order valence-corrected chi connectivity index (χ4v) is 3.94. The number of anilines is 1. The first-order valence-corrected chi connectivity index (χ1v) is 9.38. The molecule has 132 valence electrons. The molecule has 24 heavy (non-hydrogen) atoms. The molecule has 2 saturated heterocycles. The second-order valence-corrected chi connectivity index (χ2v) is 7.61. The lowest BCUT2D eigenvalue weighted by atomic mass is 9.97. The Morgan fingerprint density at radius 1 is 1.25 bits per heavy atom. The lowest BCUT2D eigenvalue weighted by Gasteiger charge is -2.49. The van der Waals surface area contributed by atoms with Crippen molar-refractivity contribution < 1.29 is 4.79 Å². The molecular formula is C20H31N3O. The minimum atomic E-state index is 0.124. The molecule has 0 bridgehead atoms.